The van der Waals surface area contributed by atoms with Crippen LogP contribution in [-0.2, 0) is 10.8 Å². The second-order valence-corrected chi connectivity index (χ2v) is 13.8. The summed E-state index contributed by atoms with van der Waals surface area (Å²) in [6, 6.07) is 12.7. The van der Waals surface area contributed by atoms with Crippen LogP contribution in [0.5, 0.6) is 23.0 Å². The van der Waals surface area contributed by atoms with Crippen LogP contribution in [0.4, 0.5) is 0 Å². The van der Waals surface area contributed by atoms with Crippen molar-refractivity contribution in [3.8, 4) is 23.0 Å². The lowest BCUT2D eigenvalue weighted by Crippen LogP contribution is -2.55. The van der Waals surface area contributed by atoms with E-state index in [0.717, 1.165) is 61.9 Å². The zero-order valence-corrected chi connectivity index (χ0v) is 26.9. The van der Waals surface area contributed by atoms with Crippen LogP contribution in [0, 0.1) is 0 Å². The molecule has 0 aromatic heterocycles. The van der Waals surface area contributed by atoms with Crippen molar-refractivity contribution >= 4 is 0 Å². The third-order valence-corrected chi connectivity index (χ3v) is 8.91. The molecule has 1 spiro atoms. The molecule has 0 amide bonds. The number of benzene rings is 2. The van der Waals surface area contributed by atoms with Crippen molar-refractivity contribution in [3.63, 3.8) is 0 Å². The van der Waals surface area contributed by atoms with Crippen LogP contribution >= 0.6 is 0 Å². The van der Waals surface area contributed by atoms with Gasteiger partial charge in [-0.1, -0.05) is 106 Å². The standard InChI is InChI=1S/C37H56O4/c1-7-9-11-13-15-17-23-38-29-19-21-33-31(25-29)35(3,4)27-37(40-33)28-36(5,6)32-26-30(20-22-34(32)41-37)39-24-18-16-14-12-10-8-2/h19-22,25-26H,7-18,23-24,27-28H2,1-6H3. The highest BCUT2D eigenvalue weighted by Gasteiger charge is 2.53. The molecule has 0 radical (unpaired) electrons. The van der Waals surface area contributed by atoms with Gasteiger partial charge in [-0.3, -0.25) is 0 Å². The maximum atomic E-state index is 6.76. The number of rotatable bonds is 16. The fourth-order valence-corrected chi connectivity index (χ4v) is 6.74. The quantitative estimate of drug-likeness (QED) is 0.190. The molecule has 4 rings (SSSR count). The smallest absolute Gasteiger partial charge is 0.252 e. The summed E-state index contributed by atoms with van der Waals surface area (Å²) < 4.78 is 25.8. The van der Waals surface area contributed by atoms with E-state index in [1.54, 1.807) is 0 Å². The monoisotopic (exact) mass is 564 g/mol. The van der Waals surface area contributed by atoms with Crippen molar-refractivity contribution in [2.75, 3.05) is 13.2 Å². The van der Waals surface area contributed by atoms with Crippen molar-refractivity contribution in [3.05, 3.63) is 47.5 Å². The van der Waals surface area contributed by atoms with E-state index in [1.807, 2.05) is 0 Å². The van der Waals surface area contributed by atoms with Crippen molar-refractivity contribution in [2.24, 2.45) is 0 Å². The molecule has 2 aromatic carbocycles. The van der Waals surface area contributed by atoms with Gasteiger partial charge in [0.15, 0.2) is 0 Å². The third kappa shape index (κ3) is 8.36. The van der Waals surface area contributed by atoms with E-state index in [1.165, 1.54) is 75.3 Å². The van der Waals surface area contributed by atoms with Crippen molar-refractivity contribution in [2.45, 2.75) is 148 Å². The molecule has 0 saturated carbocycles. The minimum absolute atomic E-state index is 0.110. The van der Waals surface area contributed by atoms with Gasteiger partial charge in [0, 0.05) is 34.8 Å². The molecule has 0 unspecified atom stereocenters. The van der Waals surface area contributed by atoms with Gasteiger partial charge in [0.1, 0.15) is 23.0 Å². The van der Waals surface area contributed by atoms with Crippen molar-refractivity contribution in [1.29, 1.82) is 0 Å². The van der Waals surface area contributed by atoms with Crippen LogP contribution in [0.3, 0.4) is 0 Å². The molecule has 2 aliphatic rings. The van der Waals surface area contributed by atoms with E-state index in [0.29, 0.717) is 0 Å². The molecule has 228 valence electrons. The molecule has 2 heterocycles. The van der Waals surface area contributed by atoms with Gasteiger partial charge in [-0.2, -0.15) is 0 Å². The topological polar surface area (TPSA) is 36.9 Å². The van der Waals surface area contributed by atoms with E-state index >= 15 is 0 Å². The van der Waals surface area contributed by atoms with Gasteiger partial charge < -0.3 is 18.9 Å². The molecular formula is C37H56O4. The fraction of sp³-hybridized carbons (Fsp3) is 0.676. The molecule has 0 aliphatic carbocycles. The lowest BCUT2D eigenvalue weighted by atomic mass is 9.69. The number of hydrogen-bond donors (Lipinski definition) is 0. The zero-order chi connectivity index (χ0) is 29.3. The first-order valence-corrected chi connectivity index (χ1v) is 16.6. The summed E-state index contributed by atoms with van der Waals surface area (Å²) in [5.41, 5.74) is 2.19. The summed E-state index contributed by atoms with van der Waals surface area (Å²) >= 11 is 0. The predicted molar refractivity (Wildman–Crippen MR) is 170 cm³/mol. The first-order chi connectivity index (χ1) is 19.7. The molecule has 0 N–H and O–H groups in total. The van der Waals surface area contributed by atoms with Gasteiger partial charge in [0.25, 0.3) is 5.79 Å². The lowest BCUT2D eigenvalue weighted by molar-refractivity contribution is -0.166. The Morgan fingerprint density at radius 1 is 0.561 bits per heavy atom. The van der Waals surface area contributed by atoms with Crippen molar-refractivity contribution < 1.29 is 18.9 Å². The van der Waals surface area contributed by atoms with Gasteiger partial charge in [-0.05, 0) is 49.2 Å². The first kappa shape index (κ1) is 31.6. The van der Waals surface area contributed by atoms with E-state index in [-0.39, 0.29) is 10.8 Å². The largest absolute Gasteiger partial charge is 0.494 e. The van der Waals surface area contributed by atoms with E-state index in [4.69, 9.17) is 18.9 Å². The molecule has 0 saturated heterocycles. The summed E-state index contributed by atoms with van der Waals surface area (Å²) in [6.07, 6.45) is 16.8. The Morgan fingerprint density at radius 2 is 0.951 bits per heavy atom. The Labute approximate surface area is 250 Å². The second kappa shape index (κ2) is 14.2. The lowest BCUT2D eigenvalue weighted by Gasteiger charge is -2.51. The van der Waals surface area contributed by atoms with Crippen molar-refractivity contribution in [1.82, 2.24) is 0 Å². The molecule has 0 fully saturated rings. The SMILES string of the molecule is CCCCCCCCOc1ccc2c(c1)C(C)(C)CC1(CC(C)(C)c3cc(OCCCCCCCC)ccc3O1)O2. The van der Waals surface area contributed by atoms with E-state index < -0.39 is 5.79 Å². The molecule has 0 bridgehead atoms. The molecule has 2 aromatic rings. The first-order valence-electron chi connectivity index (χ1n) is 16.6. The minimum atomic E-state index is -0.700. The summed E-state index contributed by atoms with van der Waals surface area (Å²) in [7, 11) is 0. The molecular weight excluding hydrogens is 508 g/mol. The summed E-state index contributed by atoms with van der Waals surface area (Å²) in [4.78, 5) is 0. The maximum absolute atomic E-state index is 6.76. The van der Waals surface area contributed by atoms with Gasteiger partial charge in [0.2, 0.25) is 0 Å². The highest BCUT2D eigenvalue weighted by atomic mass is 16.7. The summed E-state index contributed by atoms with van der Waals surface area (Å²) in [6.45, 7) is 15.3. The summed E-state index contributed by atoms with van der Waals surface area (Å²) in [5, 5.41) is 0. The third-order valence-electron chi connectivity index (χ3n) is 8.91. The molecule has 41 heavy (non-hydrogen) atoms. The fourth-order valence-electron chi connectivity index (χ4n) is 6.74. The van der Waals surface area contributed by atoms with E-state index in [2.05, 4.69) is 77.9 Å². The van der Waals surface area contributed by atoms with Crippen LogP contribution in [0.15, 0.2) is 36.4 Å². The summed E-state index contributed by atoms with van der Waals surface area (Å²) in [5.74, 6) is 2.99. The molecule has 0 atom stereocenters. The average Bonchev–Trinajstić information content (AvgIpc) is 2.92. The van der Waals surface area contributed by atoms with Gasteiger partial charge in [0.05, 0.1) is 13.2 Å². The van der Waals surface area contributed by atoms with Gasteiger partial charge >= 0.3 is 0 Å². The zero-order valence-electron chi connectivity index (χ0n) is 26.9. The number of ether oxygens (including phenoxy) is 4. The van der Waals surface area contributed by atoms with Crippen LogP contribution in [-0.4, -0.2) is 19.0 Å². The average molecular weight is 565 g/mol. The van der Waals surface area contributed by atoms with Gasteiger partial charge in [-0.15, -0.1) is 0 Å². The Bertz CT molecular complexity index is 1010. The molecule has 4 heteroatoms. The Kier molecular flexibility index (Phi) is 10.9. The number of fused-ring (bicyclic) bond motifs is 2. The predicted octanol–water partition coefficient (Wildman–Crippen LogP) is 10.7. The highest BCUT2D eigenvalue weighted by molar-refractivity contribution is 5.50. The Morgan fingerprint density at radius 3 is 1.37 bits per heavy atom. The van der Waals surface area contributed by atoms with E-state index in [9.17, 15) is 0 Å². The number of hydrogen-bond acceptors (Lipinski definition) is 4. The number of unbranched alkanes of at least 4 members (excludes halogenated alkanes) is 10. The normalized spacial score (nSPS) is 17.7. The van der Waals surface area contributed by atoms with Crippen LogP contribution < -0.4 is 18.9 Å². The molecule has 2 aliphatic heterocycles. The minimum Gasteiger partial charge on any atom is -0.494 e. The van der Waals surface area contributed by atoms with Crippen LogP contribution in [0.2, 0.25) is 0 Å². The highest BCUT2D eigenvalue weighted by Crippen LogP contribution is 2.54. The maximum Gasteiger partial charge on any atom is 0.252 e. The van der Waals surface area contributed by atoms with Gasteiger partial charge in [-0.25, -0.2) is 0 Å². The van der Waals surface area contributed by atoms with Crippen LogP contribution in [0.25, 0.3) is 0 Å². The second-order valence-electron chi connectivity index (χ2n) is 13.8. The van der Waals surface area contributed by atoms with Crippen LogP contribution in [0.1, 0.15) is 143 Å². The Balaban J connectivity index is 1.39. The molecule has 4 nitrogen and oxygen atoms in total. The Hall–Kier alpha value is -2.36.